The number of hydrogen-bond acceptors (Lipinski definition) is 2. The fourth-order valence-electron chi connectivity index (χ4n) is 1.89. The minimum absolute atomic E-state index is 0.226. The van der Waals surface area contributed by atoms with E-state index < -0.39 is 0 Å². The number of nitrogens with two attached hydrogens (primary N) is 1. The summed E-state index contributed by atoms with van der Waals surface area (Å²) in [5, 5.41) is 0. The number of fused-ring (bicyclic) bond motifs is 1. The van der Waals surface area contributed by atoms with E-state index in [0.717, 1.165) is 24.2 Å². The van der Waals surface area contributed by atoms with Crippen molar-refractivity contribution in [2.24, 2.45) is 12.8 Å². The van der Waals surface area contributed by atoms with Crippen LogP contribution >= 0.6 is 0 Å². The minimum Gasteiger partial charge on any atom is -0.331 e. The molecule has 0 saturated carbocycles. The molecule has 1 heterocycles. The zero-order valence-corrected chi connectivity index (χ0v) is 10.5. The van der Waals surface area contributed by atoms with Crippen LogP contribution in [0.15, 0.2) is 18.2 Å². The van der Waals surface area contributed by atoms with Crippen molar-refractivity contribution in [1.82, 2.24) is 9.55 Å². The summed E-state index contributed by atoms with van der Waals surface area (Å²) in [4.78, 5) is 4.35. The Labute approximate surface area is 100 Å². The predicted octanol–water partition coefficient (Wildman–Crippen LogP) is 2.38. The molecule has 3 nitrogen and oxygen atoms in total. The van der Waals surface area contributed by atoms with E-state index in [1.807, 2.05) is 31.5 Å². The van der Waals surface area contributed by atoms with Crippen LogP contribution in [0.1, 0.15) is 26.1 Å². The fourth-order valence-corrected chi connectivity index (χ4v) is 1.89. The summed E-state index contributed by atoms with van der Waals surface area (Å²) < 4.78 is 15.5. The van der Waals surface area contributed by atoms with Gasteiger partial charge in [0, 0.05) is 19.0 Å². The third kappa shape index (κ3) is 2.47. The maximum atomic E-state index is 13.6. The first-order chi connectivity index (χ1) is 7.88. The van der Waals surface area contributed by atoms with Crippen molar-refractivity contribution in [3.63, 3.8) is 0 Å². The Kier molecular flexibility index (Phi) is 2.91. The molecule has 17 heavy (non-hydrogen) atoms. The monoisotopic (exact) mass is 235 g/mol. The Morgan fingerprint density at radius 2 is 2.12 bits per heavy atom. The normalized spacial score (nSPS) is 12.3. The highest BCUT2D eigenvalue weighted by atomic mass is 19.1. The van der Waals surface area contributed by atoms with Crippen LogP contribution in [0.3, 0.4) is 0 Å². The molecule has 0 bridgehead atoms. The highest BCUT2D eigenvalue weighted by Gasteiger charge is 2.15. The smallest absolute Gasteiger partial charge is 0.151 e. The summed E-state index contributed by atoms with van der Waals surface area (Å²) in [6.07, 6.45) is 1.58. The Morgan fingerprint density at radius 1 is 1.41 bits per heavy atom. The maximum Gasteiger partial charge on any atom is 0.151 e. The first-order valence-electron chi connectivity index (χ1n) is 5.77. The Morgan fingerprint density at radius 3 is 2.71 bits per heavy atom. The van der Waals surface area contributed by atoms with Crippen LogP contribution in [0.4, 0.5) is 4.39 Å². The van der Waals surface area contributed by atoms with E-state index in [0.29, 0.717) is 5.52 Å². The number of nitrogens with zero attached hydrogens (tertiary/aromatic N) is 2. The van der Waals surface area contributed by atoms with Crippen LogP contribution in [0.2, 0.25) is 0 Å². The van der Waals surface area contributed by atoms with Gasteiger partial charge in [-0.3, -0.25) is 0 Å². The molecule has 0 radical (unpaired) electrons. The molecule has 1 aromatic carbocycles. The Hall–Kier alpha value is -1.42. The summed E-state index contributed by atoms with van der Waals surface area (Å²) in [5.41, 5.74) is 6.99. The molecular weight excluding hydrogens is 217 g/mol. The number of rotatable bonds is 3. The van der Waals surface area contributed by atoms with Crippen LogP contribution in [0, 0.1) is 5.82 Å². The summed E-state index contributed by atoms with van der Waals surface area (Å²) in [6, 6.07) is 5.02. The summed E-state index contributed by atoms with van der Waals surface area (Å²) in [5.74, 6) is 0.611. The second kappa shape index (κ2) is 4.11. The predicted molar refractivity (Wildman–Crippen MR) is 67.3 cm³/mol. The highest BCUT2D eigenvalue weighted by molar-refractivity contribution is 5.76. The molecule has 0 aliphatic rings. The van der Waals surface area contributed by atoms with Crippen molar-refractivity contribution in [3.8, 4) is 0 Å². The average molecular weight is 235 g/mol. The minimum atomic E-state index is -0.267. The van der Waals surface area contributed by atoms with Gasteiger partial charge < -0.3 is 10.3 Å². The molecule has 2 rings (SSSR count). The molecule has 0 amide bonds. The van der Waals surface area contributed by atoms with Crippen molar-refractivity contribution in [3.05, 3.63) is 29.8 Å². The number of hydrogen-bond donors (Lipinski definition) is 1. The topological polar surface area (TPSA) is 43.8 Å². The lowest BCUT2D eigenvalue weighted by Crippen LogP contribution is -2.32. The van der Waals surface area contributed by atoms with Gasteiger partial charge >= 0.3 is 0 Å². The van der Waals surface area contributed by atoms with Crippen molar-refractivity contribution in [2.75, 3.05) is 0 Å². The van der Waals surface area contributed by atoms with Gasteiger partial charge in [-0.1, -0.05) is 6.07 Å². The zero-order valence-electron chi connectivity index (χ0n) is 10.5. The largest absolute Gasteiger partial charge is 0.331 e. The van der Waals surface area contributed by atoms with Crippen LogP contribution < -0.4 is 5.73 Å². The van der Waals surface area contributed by atoms with Crippen LogP contribution in [-0.4, -0.2) is 15.1 Å². The lowest BCUT2D eigenvalue weighted by atomic mass is 10.00. The van der Waals surface area contributed by atoms with Gasteiger partial charge in [0.25, 0.3) is 0 Å². The molecule has 0 spiro atoms. The molecule has 0 saturated heterocycles. The number of para-hydroxylation sites is 1. The molecule has 4 heteroatoms. The number of benzene rings is 1. The number of imidazole rings is 1. The van der Waals surface area contributed by atoms with Crippen molar-refractivity contribution < 1.29 is 4.39 Å². The lowest BCUT2D eigenvalue weighted by molar-refractivity contribution is 0.468. The summed E-state index contributed by atoms with van der Waals surface area (Å²) >= 11 is 0. The number of aromatic nitrogens is 2. The molecule has 0 aliphatic carbocycles. The molecular formula is C13H18FN3. The molecule has 0 fully saturated rings. The van der Waals surface area contributed by atoms with E-state index >= 15 is 0 Å². The van der Waals surface area contributed by atoms with Gasteiger partial charge in [0.15, 0.2) is 5.82 Å². The second-order valence-corrected chi connectivity index (χ2v) is 5.18. The van der Waals surface area contributed by atoms with E-state index in [1.54, 1.807) is 6.07 Å². The van der Waals surface area contributed by atoms with Gasteiger partial charge in [0.05, 0.1) is 5.52 Å². The summed E-state index contributed by atoms with van der Waals surface area (Å²) in [7, 11) is 1.91. The molecule has 2 N–H and O–H groups in total. The molecule has 0 atom stereocenters. The maximum absolute atomic E-state index is 13.6. The quantitative estimate of drug-likeness (QED) is 0.887. The van der Waals surface area contributed by atoms with Gasteiger partial charge in [0.1, 0.15) is 11.3 Å². The average Bonchev–Trinajstić information content (AvgIpc) is 2.54. The lowest BCUT2D eigenvalue weighted by Gasteiger charge is -2.17. The second-order valence-electron chi connectivity index (χ2n) is 5.18. The highest BCUT2D eigenvalue weighted by Crippen LogP contribution is 2.19. The van der Waals surface area contributed by atoms with Crippen LogP contribution in [-0.2, 0) is 13.5 Å². The van der Waals surface area contributed by atoms with Crippen molar-refractivity contribution in [1.29, 1.82) is 0 Å². The van der Waals surface area contributed by atoms with Crippen molar-refractivity contribution in [2.45, 2.75) is 32.2 Å². The van der Waals surface area contributed by atoms with E-state index in [4.69, 9.17) is 5.73 Å². The number of aryl methyl sites for hydroxylation is 2. The third-order valence-corrected chi connectivity index (χ3v) is 2.95. The molecule has 0 unspecified atom stereocenters. The SMILES string of the molecule is Cn1c(CCC(C)(C)N)nc2c(F)cccc21. The first kappa shape index (κ1) is 12.0. The van der Waals surface area contributed by atoms with E-state index in [2.05, 4.69) is 4.98 Å². The summed E-state index contributed by atoms with van der Waals surface area (Å²) in [6.45, 7) is 3.96. The molecule has 0 aliphatic heterocycles. The Bertz CT molecular complexity index is 537. The van der Waals surface area contributed by atoms with E-state index in [9.17, 15) is 4.39 Å². The Balaban J connectivity index is 2.36. The zero-order chi connectivity index (χ0) is 12.6. The molecule has 92 valence electrons. The first-order valence-corrected chi connectivity index (χ1v) is 5.77. The number of halogens is 1. The van der Waals surface area contributed by atoms with Gasteiger partial charge in [-0.05, 0) is 32.4 Å². The van der Waals surface area contributed by atoms with Gasteiger partial charge in [-0.2, -0.15) is 0 Å². The molecule has 2 aromatic rings. The molecule has 1 aromatic heterocycles. The van der Waals surface area contributed by atoms with Gasteiger partial charge in [-0.25, -0.2) is 9.37 Å². The van der Waals surface area contributed by atoms with E-state index in [-0.39, 0.29) is 11.4 Å². The van der Waals surface area contributed by atoms with Crippen LogP contribution in [0.25, 0.3) is 11.0 Å². The van der Waals surface area contributed by atoms with Gasteiger partial charge in [-0.15, -0.1) is 0 Å². The van der Waals surface area contributed by atoms with E-state index in [1.165, 1.54) is 6.07 Å². The van der Waals surface area contributed by atoms with Gasteiger partial charge in [0.2, 0.25) is 0 Å². The fraction of sp³-hybridized carbons (Fsp3) is 0.462. The van der Waals surface area contributed by atoms with Crippen molar-refractivity contribution >= 4 is 11.0 Å². The van der Waals surface area contributed by atoms with Crippen LogP contribution in [0.5, 0.6) is 0 Å². The third-order valence-electron chi connectivity index (χ3n) is 2.95. The standard InChI is InChI=1S/C13H18FN3/c1-13(2,15)8-7-11-16-12-9(14)5-4-6-10(12)17(11)3/h4-6H,7-8,15H2,1-3H3.